The monoisotopic (exact) mass is 255 g/mol. The number of hydrogen-bond acceptors (Lipinski definition) is 3. The number of amides is 1. The summed E-state index contributed by atoms with van der Waals surface area (Å²) in [5, 5.41) is 4.20. The van der Waals surface area contributed by atoms with Crippen molar-refractivity contribution in [3.63, 3.8) is 0 Å². The van der Waals surface area contributed by atoms with E-state index in [0.29, 0.717) is 0 Å². The Bertz CT molecular complexity index is 658. The summed E-state index contributed by atoms with van der Waals surface area (Å²) in [5.41, 5.74) is 5.10. The third-order valence-electron chi connectivity index (χ3n) is 3.02. The van der Waals surface area contributed by atoms with E-state index in [9.17, 15) is 4.79 Å². The molecule has 0 unspecified atom stereocenters. The molecule has 1 aliphatic heterocycles. The van der Waals surface area contributed by atoms with Crippen LogP contribution in [0, 0.1) is 0 Å². The maximum atomic E-state index is 11.6. The average Bonchev–Trinajstić information content (AvgIpc) is 2.81. The van der Waals surface area contributed by atoms with Gasteiger partial charge in [0.15, 0.2) is 0 Å². The zero-order valence-corrected chi connectivity index (χ0v) is 10.5. The van der Waals surface area contributed by atoms with E-state index in [1.54, 1.807) is 7.11 Å². The summed E-state index contributed by atoms with van der Waals surface area (Å²) < 4.78 is 7.09. The van der Waals surface area contributed by atoms with Crippen LogP contribution >= 0.6 is 0 Å². The van der Waals surface area contributed by atoms with Gasteiger partial charge in [0.1, 0.15) is 18.0 Å². The summed E-state index contributed by atoms with van der Waals surface area (Å²) >= 11 is 0. The molecule has 1 aromatic carbocycles. The van der Waals surface area contributed by atoms with Gasteiger partial charge in [-0.3, -0.25) is 4.79 Å². The number of carbonyl (C=O) groups excluding carboxylic acids is 1. The van der Waals surface area contributed by atoms with Crippen LogP contribution in [0.5, 0.6) is 5.75 Å². The molecule has 19 heavy (non-hydrogen) atoms. The number of nitrogens with zero attached hydrogens (tertiary/aromatic N) is 2. The highest BCUT2D eigenvalue weighted by molar-refractivity contribution is 6.13. The predicted octanol–water partition coefficient (Wildman–Crippen LogP) is 1.38. The summed E-state index contributed by atoms with van der Waals surface area (Å²) in [6.45, 7) is 0.277. The van der Waals surface area contributed by atoms with Crippen molar-refractivity contribution in [2.75, 3.05) is 7.11 Å². The minimum atomic E-state index is -0.129. The van der Waals surface area contributed by atoms with Gasteiger partial charge in [-0.05, 0) is 24.3 Å². The van der Waals surface area contributed by atoms with Gasteiger partial charge in [-0.1, -0.05) is 12.1 Å². The number of rotatable bonds is 2. The highest BCUT2D eigenvalue weighted by Gasteiger charge is 2.17. The Balaban J connectivity index is 2.11. The highest BCUT2D eigenvalue weighted by atomic mass is 16.5. The highest BCUT2D eigenvalue weighted by Crippen LogP contribution is 2.18. The molecule has 0 bridgehead atoms. The Morgan fingerprint density at radius 2 is 2.21 bits per heavy atom. The molecule has 96 valence electrons. The first-order valence-corrected chi connectivity index (χ1v) is 5.94. The van der Waals surface area contributed by atoms with Crippen LogP contribution in [0.25, 0.3) is 0 Å². The Labute approximate surface area is 110 Å². The van der Waals surface area contributed by atoms with Gasteiger partial charge in [-0.15, -0.1) is 0 Å². The lowest BCUT2D eigenvalue weighted by atomic mass is 10.1. The van der Waals surface area contributed by atoms with Crippen molar-refractivity contribution in [2.45, 2.75) is 6.54 Å². The number of benzene rings is 1. The van der Waals surface area contributed by atoms with Gasteiger partial charge in [0.05, 0.1) is 12.8 Å². The molecule has 0 saturated heterocycles. The molecule has 0 spiro atoms. The first-order chi connectivity index (χ1) is 9.28. The van der Waals surface area contributed by atoms with Crippen molar-refractivity contribution in [1.29, 1.82) is 0 Å². The van der Waals surface area contributed by atoms with Crippen LogP contribution in [0.1, 0.15) is 11.3 Å². The minimum Gasteiger partial charge on any atom is -0.497 e. The van der Waals surface area contributed by atoms with Crippen molar-refractivity contribution in [3.05, 3.63) is 53.9 Å². The van der Waals surface area contributed by atoms with Crippen LogP contribution in [-0.2, 0) is 11.3 Å². The maximum Gasteiger partial charge on any atom is 0.260 e. The number of nitrogens with one attached hydrogen (secondary N) is 1. The number of aromatic nitrogens is 1. The van der Waals surface area contributed by atoms with Crippen LogP contribution < -0.4 is 10.2 Å². The van der Waals surface area contributed by atoms with Gasteiger partial charge in [-0.2, -0.15) is 5.10 Å². The van der Waals surface area contributed by atoms with Gasteiger partial charge in [0.25, 0.3) is 5.91 Å². The lowest BCUT2D eigenvalue weighted by molar-refractivity contribution is -0.121. The third-order valence-corrected chi connectivity index (χ3v) is 3.02. The molecular formula is C14H13N3O2. The molecule has 0 radical (unpaired) electrons. The van der Waals surface area contributed by atoms with Gasteiger partial charge >= 0.3 is 0 Å². The van der Waals surface area contributed by atoms with Crippen molar-refractivity contribution in [1.82, 2.24) is 9.99 Å². The molecule has 5 heteroatoms. The summed E-state index contributed by atoms with van der Waals surface area (Å²) in [7, 11) is 1.62. The third kappa shape index (κ3) is 2.10. The van der Waals surface area contributed by atoms with E-state index >= 15 is 0 Å². The van der Waals surface area contributed by atoms with Crippen LogP contribution in [0.4, 0.5) is 0 Å². The molecule has 5 nitrogen and oxygen atoms in total. The van der Waals surface area contributed by atoms with E-state index in [1.165, 1.54) is 0 Å². The zero-order valence-electron chi connectivity index (χ0n) is 10.5. The Morgan fingerprint density at radius 3 is 3.05 bits per heavy atom. The van der Waals surface area contributed by atoms with Crippen LogP contribution in [0.2, 0.25) is 0 Å². The minimum absolute atomic E-state index is 0.129. The van der Waals surface area contributed by atoms with E-state index in [1.807, 2.05) is 47.2 Å². The van der Waals surface area contributed by atoms with Crippen LogP contribution in [0.15, 0.2) is 47.7 Å². The smallest absolute Gasteiger partial charge is 0.260 e. The largest absolute Gasteiger partial charge is 0.497 e. The second kappa shape index (κ2) is 4.61. The Kier molecular flexibility index (Phi) is 2.79. The fourth-order valence-corrected chi connectivity index (χ4v) is 2.12. The molecule has 0 fully saturated rings. The molecule has 1 aromatic heterocycles. The maximum absolute atomic E-state index is 11.6. The number of hydrazone groups is 1. The van der Waals surface area contributed by atoms with Crippen LogP contribution in [-0.4, -0.2) is 23.3 Å². The summed E-state index contributed by atoms with van der Waals surface area (Å²) in [6, 6.07) is 11.5. The number of methoxy groups -OCH3 is 1. The molecule has 0 atom stereocenters. The SMILES string of the molecule is COc1cccc(C2=NNC(=O)Cn3cccc32)c1. The fourth-order valence-electron chi connectivity index (χ4n) is 2.12. The van der Waals surface area contributed by atoms with E-state index in [-0.39, 0.29) is 12.5 Å². The molecule has 0 saturated carbocycles. The number of fused-ring (bicyclic) bond motifs is 1. The van der Waals surface area contributed by atoms with Gasteiger partial charge in [0, 0.05) is 11.8 Å². The molecule has 2 heterocycles. The number of ether oxygens (including phenoxy) is 1. The predicted molar refractivity (Wildman–Crippen MR) is 71.2 cm³/mol. The lowest BCUT2D eigenvalue weighted by Crippen LogP contribution is -2.20. The van der Waals surface area contributed by atoms with Crippen molar-refractivity contribution >= 4 is 11.6 Å². The lowest BCUT2D eigenvalue weighted by Gasteiger charge is -2.08. The standard InChI is InChI=1S/C14H13N3O2/c1-19-11-5-2-4-10(8-11)14-12-6-3-7-17(12)9-13(18)15-16-14/h2-8H,9H2,1H3,(H,15,18). The van der Waals surface area contributed by atoms with E-state index < -0.39 is 0 Å². The molecule has 2 aromatic rings. The Hall–Kier alpha value is -2.56. The van der Waals surface area contributed by atoms with Crippen LogP contribution in [0.3, 0.4) is 0 Å². The Morgan fingerprint density at radius 1 is 1.32 bits per heavy atom. The van der Waals surface area contributed by atoms with Crippen molar-refractivity contribution < 1.29 is 9.53 Å². The zero-order chi connectivity index (χ0) is 13.2. The number of hydrogen-bond donors (Lipinski definition) is 1. The topological polar surface area (TPSA) is 55.6 Å². The van der Waals surface area contributed by atoms with E-state index in [2.05, 4.69) is 10.5 Å². The fraction of sp³-hybridized carbons (Fsp3) is 0.143. The van der Waals surface area contributed by atoms with Crippen molar-refractivity contribution in [3.8, 4) is 5.75 Å². The van der Waals surface area contributed by atoms with Gasteiger partial charge < -0.3 is 9.30 Å². The van der Waals surface area contributed by atoms with Crippen molar-refractivity contribution in [2.24, 2.45) is 5.10 Å². The molecule has 3 rings (SSSR count). The second-order valence-corrected chi connectivity index (χ2v) is 4.25. The first kappa shape index (κ1) is 11.5. The molecular weight excluding hydrogens is 242 g/mol. The quantitative estimate of drug-likeness (QED) is 0.881. The molecule has 1 N–H and O–H groups in total. The molecule has 1 aliphatic rings. The van der Waals surface area contributed by atoms with E-state index in [4.69, 9.17) is 4.74 Å². The average molecular weight is 255 g/mol. The van der Waals surface area contributed by atoms with Gasteiger partial charge in [-0.25, -0.2) is 5.43 Å². The number of carbonyl (C=O) groups is 1. The second-order valence-electron chi connectivity index (χ2n) is 4.25. The summed E-state index contributed by atoms with van der Waals surface area (Å²) in [5.74, 6) is 0.629. The summed E-state index contributed by atoms with van der Waals surface area (Å²) in [4.78, 5) is 11.6. The van der Waals surface area contributed by atoms with Gasteiger partial charge in [0.2, 0.25) is 0 Å². The molecule has 0 aliphatic carbocycles. The summed E-state index contributed by atoms with van der Waals surface area (Å²) in [6.07, 6.45) is 1.87. The first-order valence-electron chi connectivity index (χ1n) is 5.94. The normalized spacial score (nSPS) is 14.2. The molecule has 1 amide bonds. The van der Waals surface area contributed by atoms with E-state index in [0.717, 1.165) is 22.7 Å².